The van der Waals surface area contributed by atoms with E-state index in [0.29, 0.717) is 32.4 Å². The van der Waals surface area contributed by atoms with Crippen LogP contribution in [0, 0.1) is 0 Å². The molecule has 11 heteroatoms. The molecule has 5 rings (SSSR count). The Kier molecular flexibility index (Phi) is 4.50. The maximum atomic E-state index is 12.7. The minimum atomic E-state index is -3.76. The lowest BCUT2D eigenvalue weighted by Gasteiger charge is -2.00. The molecule has 31 heavy (non-hydrogen) atoms. The summed E-state index contributed by atoms with van der Waals surface area (Å²) in [6, 6.07) is 13.0. The van der Waals surface area contributed by atoms with Crippen LogP contribution in [0.25, 0.3) is 33.7 Å². The third kappa shape index (κ3) is 3.65. The second kappa shape index (κ2) is 7.23. The van der Waals surface area contributed by atoms with Crippen LogP contribution in [0.4, 0.5) is 0 Å². The highest BCUT2D eigenvalue weighted by atomic mass is 32.2. The molecule has 0 radical (unpaired) electrons. The summed E-state index contributed by atoms with van der Waals surface area (Å²) in [5.74, 6) is 1.46. The first-order valence-corrected chi connectivity index (χ1v) is 11.3. The molecule has 0 aliphatic heterocycles. The molecular weight excluding hydrogens is 438 g/mol. The summed E-state index contributed by atoms with van der Waals surface area (Å²) in [6.45, 7) is 0. The quantitative estimate of drug-likeness (QED) is 0.439. The number of furan rings is 1. The first kappa shape index (κ1) is 19.3. The van der Waals surface area contributed by atoms with Gasteiger partial charge in [0.2, 0.25) is 15.0 Å². The summed E-state index contributed by atoms with van der Waals surface area (Å²) in [4.78, 5) is 21.6. The van der Waals surface area contributed by atoms with E-state index in [9.17, 15) is 13.2 Å². The summed E-state index contributed by atoms with van der Waals surface area (Å²) < 4.78 is 30.3. The third-order valence-corrected chi connectivity index (χ3v) is 6.38. The van der Waals surface area contributed by atoms with Crippen molar-refractivity contribution in [2.24, 2.45) is 5.14 Å². The number of hydrogen-bond donors (Lipinski definition) is 1. The molecule has 4 heterocycles. The van der Waals surface area contributed by atoms with Gasteiger partial charge in [-0.05, 0) is 48.5 Å². The molecule has 0 saturated heterocycles. The van der Waals surface area contributed by atoms with Crippen LogP contribution in [0.2, 0.25) is 0 Å². The smallest absolute Gasteiger partial charge is 0.291 e. The standard InChI is InChI=1S/C20H13N5O4S2/c21-31(27,28)15-4-1-12(2-5-15)16-6-3-14(29-16)11-17-19(26)25-20(30-17)23-18(24-25)13-7-9-22-10-8-13/h1-11H,(H2,21,27,28). The highest BCUT2D eigenvalue weighted by molar-refractivity contribution is 7.89. The van der Waals surface area contributed by atoms with E-state index < -0.39 is 10.0 Å². The molecule has 1 aromatic carbocycles. The number of hydrogen-bond acceptors (Lipinski definition) is 8. The van der Waals surface area contributed by atoms with Crippen LogP contribution < -0.4 is 15.2 Å². The molecule has 0 atom stereocenters. The highest BCUT2D eigenvalue weighted by Crippen LogP contribution is 2.24. The van der Waals surface area contributed by atoms with Crippen molar-refractivity contribution in [2.45, 2.75) is 4.90 Å². The van der Waals surface area contributed by atoms with E-state index in [0.717, 1.165) is 5.56 Å². The number of primary sulfonamides is 1. The fraction of sp³-hybridized carbons (Fsp3) is 0. The number of thiazole rings is 1. The zero-order valence-corrected chi connectivity index (χ0v) is 17.3. The van der Waals surface area contributed by atoms with Crippen molar-refractivity contribution >= 4 is 32.4 Å². The molecule has 0 saturated carbocycles. The number of benzene rings is 1. The van der Waals surface area contributed by atoms with Crippen molar-refractivity contribution in [3.05, 3.63) is 81.6 Å². The van der Waals surface area contributed by atoms with Crippen LogP contribution in [0.3, 0.4) is 0 Å². The van der Waals surface area contributed by atoms with E-state index in [4.69, 9.17) is 9.56 Å². The monoisotopic (exact) mass is 451 g/mol. The minimum Gasteiger partial charge on any atom is -0.457 e. The number of pyridine rings is 1. The van der Waals surface area contributed by atoms with Gasteiger partial charge >= 0.3 is 0 Å². The van der Waals surface area contributed by atoms with Gasteiger partial charge < -0.3 is 4.42 Å². The van der Waals surface area contributed by atoms with Crippen LogP contribution in [0.1, 0.15) is 5.76 Å². The summed E-state index contributed by atoms with van der Waals surface area (Å²) in [5.41, 5.74) is 1.17. The number of aromatic nitrogens is 4. The van der Waals surface area contributed by atoms with E-state index in [2.05, 4.69) is 15.1 Å². The molecule has 0 unspecified atom stereocenters. The van der Waals surface area contributed by atoms with E-state index in [-0.39, 0.29) is 10.5 Å². The van der Waals surface area contributed by atoms with Crippen LogP contribution in [0.15, 0.2) is 75.0 Å². The van der Waals surface area contributed by atoms with Crippen LogP contribution in [-0.2, 0) is 10.0 Å². The fourth-order valence-corrected chi connectivity index (χ4v) is 4.38. The van der Waals surface area contributed by atoms with Crippen LogP contribution in [-0.4, -0.2) is 28.0 Å². The second-order valence-corrected chi connectivity index (χ2v) is 9.12. The molecule has 0 spiro atoms. The van der Waals surface area contributed by atoms with Crippen molar-refractivity contribution in [3.8, 4) is 22.7 Å². The first-order chi connectivity index (χ1) is 14.9. The Bertz CT molecular complexity index is 1620. The maximum Gasteiger partial charge on any atom is 0.291 e. The van der Waals surface area contributed by atoms with Crippen molar-refractivity contribution < 1.29 is 12.8 Å². The zero-order chi connectivity index (χ0) is 21.6. The van der Waals surface area contributed by atoms with Gasteiger partial charge in [-0.1, -0.05) is 11.3 Å². The first-order valence-electron chi connectivity index (χ1n) is 8.93. The molecular formula is C20H13N5O4S2. The normalized spacial score (nSPS) is 12.6. The van der Waals surface area contributed by atoms with Crippen molar-refractivity contribution in [1.29, 1.82) is 0 Å². The zero-order valence-electron chi connectivity index (χ0n) is 15.7. The van der Waals surface area contributed by atoms with Gasteiger partial charge in [-0.15, -0.1) is 5.10 Å². The van der Waals surface area contributed by atoms with Gasteiger partial charge in [-0.25, -0.2) is 13.6 Å². The van der Waals surface area contributed by atoms with E-state index in [1.54, 1.807) is 54.9 Å². The molecule has 0 fully saturated rings. The molecule has 0 aliphatic rings. The lowest BCUT2D eigenvalue weighted by molar-refractivity contribution is 0.571. The van der Waals surface area contributed by atoms with Gasteiger partial charge in [0.1, 0.15) is 16.1 Å². The lowest BCUT2D eigenvalue weighted by Crippen LogP contribution is -2.23. The van der Waals surface area contributed by atoms with Gasteiger partial charge in [0.25, 0.3) is 5.56 Å². The molecule has 0 bridgehead atoms. The largest absolute Gasteiger partial charge is 0.457 e. The summed E-state index contributed by atoms with van der Waals surface area (Å²) in [6.07, 6.45) is 4.90. The number of sulfonamides is 1. The predicted molar refractivity (Wildman–Crippen MR) is 115 cm³/mol. The molecule has 154 valence electrons. The maximum absolute atomic E-state index is 12.7. The molecule has 0 amide bonds. The van der Waals surface area contributed by atoms with Gasteiger partial charge in [-0.2, -0.15) is 9.50 Å². The second-order valence-electron chi connectivity index (χ2n) is 6.55. The van der Waals surface area contributed by atoms with E-state index in [1.165, 1.54) is 28.0 Å². The topological polar surface area (TPSA) is 133 Å². The van der Waals surface area contributed by atoms with Gasteiger partial charge in [0.05, 0.1) is 4.90 Å². The summed E-state index contributed by atoms with van der Waals surface area (Å²) in [5, 5.41) is 9.41. The predicted octanol–water partition coefficient (Wildman–Crippen LogP) is 1.67. The summed E-state index contributed by atoms with van der Waals surface area (Å²) in [7, 11) is -3.76. The molecule has 4 aromatic heterocycles. The van der Waals surface area contributed by atoms with Crippen LogP contribution in [0.5, 0.6) is 0 Å². The Morgan fingerprint density at radius 2 is 1.74 bits per heavy atom. The molecule has 9 nitrogen and oxygen atoms in total. The van der Waals surface area contributed by atoms with Gasteiger partial charge in [0, 0.05) is 29.6 Å². The van der Waals surface area contributed by atoms with E-state index >= 15 is 0 Å². The SMILES string of the molecule is NS(=O)(=O)c1ccc(-c2ccc(C=c3sc4nc(-c5ccncc5)nn4c3=O)o2)cc1. The van der Waals surface area contributed by atoms with Gasteiger partial charge in [-0.3, -0.25) is 9.78 Å². The minimum absolute atomic E-state index is 0.0196. The lowest BCUT2D eigenvalue weighted by atomic mass is 10.2. The van der Waals surface area contributed by atoms with Crippen molar-refractivity contribution in [2.75, 3.05) is 0 Å². The Labute approximate surface area is 179 Å². The van der Waals surface area contributed by atoms with Gasteiger partial charge in [0.15, 0.2) is 5.82 Å². The average Bonchev–Trinajstić information content (AvgIpc) is 3.46. The summed E-state index contributed by atoms with van der Waals surface area (Å²) >= 11 is 1.21. The number of nitrogens with two attached hydrogens (primary N) is 1. The Morgan fingerprint density at radius 3 is 2.42 bits per heavy atom. The van der Waals surface area contributed by atoms with Crippen molar-refractivity contribution in [1.82, 2.24) is 19.6 Å². The molecule has 0 aliphatic carbocycles. The number of nitrogens with zero attached hydrogens (tertiary/aromatic N) is 4. The third-order valence-electron chi connectivity index (χ3n) is 4.49. The Hall–Kier alpha value is -3.67. The highest BCUT2D eigenvalue weighted by Gasteiger charge is 2.13. The molecule has 5 aromatic rings. The Balaban J connectivity index is 1.47. The number of rotatable bonds is 4. The number of fused-ring (bicyclic) bond motifs is 1. The average molecular weight is 451 g/mol. The van der Waals surface area contributed by atoms with Crippen LogP contribution >= 0.6 is 11.3 Å². The molecule has 2 N–H and O–H groups in total. The van der Waals surface area contributed by atoms with Crippen molar-refractivity contribution in [3.63, 3.8) is 0 Å². The van der Waals surface area contributed by atoms with E-state index in [1.807, 2.05) is 0 Å². The Morgan fingerprint density at radius 1 is 1.00 bits per heavy atom. The fourth-order valence-electron chi connectivity index (χ4n) is 2.98.